The van der Waals surface area contributed by atoms with Gasteiger partial charge in [-0.15, -0.1) is 0 Å². The molecule has 0 atom stereocenters. The molecule has 6 heteroatoms. The van der Waals surface area contributed by atoms with E-state index in [2.05, 4.69) is 4.98 Å². The van der Waals surface area contributed by atoms with Gasteiger partial charge in [0.15, 0.2) is 0 Å². The zero-order valence-electron chi connectivity index (χ0n) is 10.7. The lowest BCUT2D eigenvalue weighted by atomic mass is 10.1. The van der Waals surface area contributed by atoms with Crippen molar-refractivity contribution in [2.75, 3.05) is 7.11 Å². The molecule has 0 aliphatic carbocycles. The monoisotopic (exact) mass is 269 g/mol. The molecule has 0 radical (unpaired) electrons. The Hall–Kier alpha value is -2.89. The topological polar surface area (TPSA) is 69.7 Å². The summed E-state index contributed by atoms with van der Waals surface area (Å²) in [6.45, 7) is 0. The molecule has 0 saturated heterocycles. The Kier molecular flexibility index (Phi) is 2.83. The molecule has 0 fully saturated rings. The summed E-state index contributed by atoms with van der Waals surface area (Å²) in [5, 5.41) is 10.8. The number of ether oxygens (including phenoxy) is 1. The Bertz CT molecular complexity index is 795. The van der Waals surface area contributed by atoms with Crippen LogP contribution in [-0.4, -0.2) is 21.4 Å². The molecule has 2 heterocycles. The van der Waals surface area contributed by atoms with Crippen LogP contribution in [0.5, 0.6) is 5.75 Å². The van der Waals surface area contributed by atoms with Crippen molar-refractivity contribution in [1.29, 1.82) is 0 Å². The molecule has 0 aliphatic rings. The van der Waals surface area contributed by atoms with Gasteiger partial charge in [-0.3, -0.25) is 14.5 Å². The summed E-state index contributed by atoms with van der Waals surface area (Å²) in [5.41, 5.74) is 2.24. The number of hydrogen-bond donors (Lipinski definition) is 0. The van der Waals surface area contributed by atoms with Crippen molar-refractivity contribution >= 4 is 11.3 Å². The highest BCUT2D eigenvalue weighted by molar-refractivity contribution is 5.69. The van der Waals surface area contributed by atoms with Crippen molar-refractivity contribution in [1.82, 2.24) is 9.38 Å². The number of methoxy groups -OCH3 is 1. The van der Waals surface area contributed by atoms with E-state index >= 15 is 0 Å². The SMILES string of the molecule is COc1ccccc1-c1cn2cc([N+](=O)[O-])ccc2n1. The Morgan fingerprint density at radius 2 is 2.00 bits per heavy atom. The number of imidazole rings is 1. The van der Waals surface area contributed by atoms with Crippen molar-refractivity contribution in [3.63, 3.8) is 0 Å². The Morgan fingerprint density at radius 3 is 2.75 bits per heavy atom. The molecule has 3 aromatic rings. The second kappa shape index (κ2) is 4.65. The van der Waals surface area contributed by atoms with Gasteiger partial charge in [0.1, 0.15) is 11.4 Å². The number of nitrogens with zero attached hydrogens (tertiary/aromatic N) is 3. The van der Waals surface area contributed by atoms with Crippen molar-refractivity contribution in [2.24, 2.45) is 0 Å². The number of benzene rings is 1. The fourth-order valence-corrected chi connectivity index (χ4v) is 2.07. The highest BCUT2D eigenvalue weighted by Gasteiger charge is 2.12. The number of hydrogen-bond acceptors (Lipinski definition) is 4. The van der Waals surface area contributed by atoms with E-state index in [0.29, 0.717) is 17.1 Å². The summed E-state index contributed by atoms with van der Waals surface area (Å²) >= 11 is 0. The van der Waals surface area contributed by atoms with Gasteiger partial charge < -0.3 is 4.74 Å². The third kappa shape index (κ3) is 1.97. The fraction of sp³-hybridized carbons (Fsp3) is 0.0714. The van der Waals surface area contributed by atoms with Crippen LogP contribution in [0, 0.1) is 10.1 Å². The molecule has 3 rings (SSSR count). The molecular formula is C14H11N3O3. The number of rotatable bonds is 3. The van der Waals surface area contributed by atoms with Gasteiger partial charge in [0, 0.05) is 17.8 Å². The van der Waals surface area contributed by atoms with Gasteiger partial charge in [-0.2, -0.15) is 0 Å². The third-order valence-electron chi connectivity index (χ3n) is 3.03. The number of pyridine rings is 1. The molecule has 0 N–H and O–H groups in total. The molecule has 0 amide bonds. The molecule has 1 aromatic carbocycles. The Balaban J connectivity index is 2.15. The maximum Gasteiger partial charge on any atom is 0.286 e. The van der Waals surface area contributed by atoms with Gasteiger partial charge in [-0.05, 0) is 18.2 Å². The smallest absolute Gasteiger partial charge is 0.286 e. The standard InChI is InChI=1S/C14H11N3O3/c1-20-13-5-3-2-4-11(13)12-9-16-8-10(17(18)19)6-7-14(16)15-12/h2-9H,1H3. The van der Waals surface area contributed by atoms with Crippen molar-refractivity contribution in [2.45, 2.75) is 0 Å². The molecule has 20 heavy (non-hydrogen) atoms. The molecule has 0 unspecified atom stereocenters. The number of para-hydroxylation sites is 1. The van der Waals surface area contributed by atoms with E-state index in [1.54, 1.807) is 23.8 Å². The second-order valence-corrected chi connectivity index (χ2v) is 4.24. The number of nitro groups is 1. The molecule has 100 valence electrons. The summed E-state index contributed by atoms with van der Waals surface area (Å²) in [7, 11) is 1.60. The minimum atomic E-state index is -0.428. The zero-order chi connectivity index (χ0) is 14.1. The molecule has 0 bridgehead atoms. The van der Waals surface area contributed by atoms with Crippen LogP contribution in [0.15, 0.2) is 48.8 Å². The number of fused-ring (bicyclic) bond motifs is 1. The number of aromatic nitrogens is 2. The Morgan fingerprint density at radius 1 is 1.20 bits per heavy atom. The van der Waals surface area contributed by atoms with Crippen LogP contribution in [0.1, 0.15) is 0 Å². The first-order chi connectivity index (χ1) is 9.69. The van der Waals surface area contributed by atoms with Crippen molar-refractivity contribution < 1.29 is 9.66 Å². The first-order valence-corrected chi connectivity index (χ1v) is 5.95. The molecule has 0 spiro atoms. The average molecular weight is 269 g/mol. The van der Waals surface area contributed by atoms with Gasteiger partial charge in [-0.25, -0.2) is 4.98 Å². The fourth-order valence-electron chi connectivity index (χ4n) is 2.07. The van der Waals surface area contributed by atoms with E-state index in [1.165, 1.54) is 12.3 Å². The molecule has 0 saturated carbocycles. The van der Waals surface area contributed by atoms with Crippen LogP contribution in [-0.2, 0) is 0 Å². The van der Waals surface area contributed by atoms with Crippen LogP contribution in [0.4, 0.5) is 5.69 Å². The van der Waals surface area contributed by atoms with Crippen LogP contribution >= 0.6 is 0 Å². The first-order valence-electron chi connectivity index (χ1n) is 5.95. The van der Waals surface area contributed by atoms with Gasteiger partial charge in [0.25, 0.3) is 5.69 Å². The lowest BCUT2D eigenvalue weighted by Crippen LogP contribution is -1.90. The van der Waals surface area contributed by atoms with E-state index in [-0.39, 0.29) is 5.69 Å². The molecule has 6 nitrogen and oxygen atoms in total. The van der Waals surface area contributed by atoms with E-state index in [9.17, 15) is 10.1 Å². The van der Waals surface area contributed by atoms with Crippen LogP contribution in [0.2, 0.25) is 0 Å². The van der Waals surface area contributed by atoms with E-state index in [0.717, 1.165) is 5.56 Å². The molecule has 0 aliphatic heterocycles. The maximum atomic E-state index is 10.8. The predicted molar refractivity (Wildman–Crippen MR) is 73.8 cm³/mol. The minimum Gasteiger partial charge on any atom is -0.496 e. The van der Waals surface area contributed by atoms with Crippen molar-refractivity contribution in [3.8, 4) is 17.0 Å². The largest absolute Gasteiger partial charge is 0.496 e. The normalized spacial score (nSPS) is 10.7. The van der Waals surface area contributed by atoms with Crippen LogP contribution in [0.3, 0.4) is 0 Å². The summed E-state index contributed by atoms with van der Waals surface area (Å²) in [5.74, 6) is 0.713. The minimum absolute atomic E-state index is 0.0291. The lowest BCUT2D eigenvalue weighted by Gasteiger charge is -2.04. The van der Waals surface area contributed by atoms with Crippen LogP contribution < -0.4 is 4.74 Å². The quantitative estimate of drug-likeness (QED) is 0.541. The van der Waals surface area contributed by atoms with Gasteiger partial charge >= 0.3 is 0 Å². The average Bonchev–Trinajstić information content (AvgIpc) is 2.89. The highest BCUT2D eigenvalue weighted by atomic mass is 16.6. The van der Waals surface area contributed by atoms with Gasteiger partial charge in [-0.1, -0.05) is 12.1 Å². The maximum absolute atomic E-state index is 10.8. The summed E-state index contributed by atoms with van der Waals surface area (Å²) < 4.78 is 6.94. The third-order valence-corrected chi connectivity index (χ3v) is 3.03. The Labute approximate surface area is 114 Å². The summed E-state index contributed by atoms with van der Waals surface area (Å²) in [6.07, 6.45) is 3.20. The molecule has 2 aromatic heterocycles. The summed E-state index contributed by atoms with van der Waals surface area (Å²) in [6, 6.07) is 10.6. The van der Waals surface area contributed by atoms with Crippen LogP contribution in [0.25, 0.3) is 16.9 Å². The van der Waals surface area contributed by atoms with Gasteiger partial charge in [0.05, 0.1) is 23.9 Å². The lowest BCUT2D eigenvalue weighted by molar-refractivity contribution is -0.385. The zero-order valence-corrected chi connectivity index (χ0v) is 10.7. The first kappa shape index (κ1) is 12.2. The van der Waals surface area contributed by atoms with E-state index in [1.807, 2.05) is 24.3 Å². The van der Waals surface area contributed by atoms with E-state index in [4.69, 9.17) is 4.74 Å². The highest BCUT2D eigenvalue weighted by Crippen LogP contribution is 2.29. The second-order valence-electron chi connectivity index (χ2n) is 4.24. The van der Waals surface area contributed by atoms with Gasteiger partial charge in [0.2, 0.25) is 0 Å². The summed E-state index contributed by atoms with van der Waals surface area (Å²) in [4.78, 5) is 14.8. The van der Waals surface area contributed by atoms with E-state index < -0.39 is 4.92 Å². The molecular weight excluding hydrogens is 258 g/mol. The van der Waals surface area contributed by atoms with Crippen molar-refractivity contribution in [3.05, 3.63) is 58.9 Å². The predicted octanol–water partition coefficient (Wildman–Crippen LogP) is 2.92.